The third kappa shape index (κ3) is 3.57. The summed E-state index contributed by atoms with van der Waals surface area (Å²) in [5, 5.41) is 3.51. The smallest absolute Gasteiger partial charge is 0.163 e. The second kappa shape index (κ2) is 7.16. The van der Waals surface area contributed by atoms with E-state index in [1.807, 2.05) is 6.92 Å². The van der Waals surface area contributed by atoms with Crippen molar-refractivity contribution >= 4 is 0 Å². The van der Waals surface area contributed by atoms with Gasteiger partial charge in [0.1, 0.15) is 0 Å². The van der Waals surface area contributed by atoms with E-state index in [1.54, 1.807) is 12.1 Å². The van der Waals surface area contributed by atoms with E-state index < -0.39 is 11.6 Å². The van der Waals surface area contributed by atoms with Crippen LogP contribution < -0.4 is 5.32 Å². The highest BCUT2D eigenvalue weighted by molar-refractivity contribution is 5.22. The van der Waals surface area contributed by atoms with Gasteiger partial charge in [-0.15, -0.1) is 0 Å². The molecule has 0 spiro atoms. The summed E-state index contributed by atoms with van der Waals surface area (Å²) in [6, 6.07) is 4.66. The number of rotatable bonds is 5. The summed E-state index contributed by atoms with van der Waals surface area (Å²) in [4.78, 5) is 0. The highest BCUT2D eigenvalue weighted by Gasteiger charge is 2.24. The fourth-order valence-corrected chi connectivity index (χ4v) is 3.39. The Morgan fingerprint density at radius 1 is 1.20 bits per heavy atom. The molecule has 1 nitrogen and oxygen atoms in total. The van der Waals surface area contributed by atoms with Crippen LogP contribution in [0.3, 0.4) is 0 Å². The second-order valence-electron chi connectivity index (χ2n) is 5.94. The number of benzene rings is 1. The molecule has 1 fully saturated rings. The molecular weight excluding hydrogens is 256 g/mol. The normalized spacial score (nSPS) is 19.8. The fourth-order valence-electron chi connectivity index (χ4n) is 3.39. The molecule has 0 bridgehead atoms. The molecule has 0 amide bonds. The van der Waals surface area contributed by atoms with E-state index in [9.17, 15) is 8.78 Å². The van der Waals surface area contributed by atoms with E-state index in [0.29, 0.717) is 17.5 Å². The average Bonchev–Trinajstić information content (AvgIpc) is 2.48. The lowest BCUT2D eigenvalue weighted by atomic mass is 9.82. The summed E-state index contributed by atoms with van der Waals surface area (Å²) >= 11 is 0. The lowest BCUT2D eigenvalue weighted by Crippen LogP contribution is -2.38. The van der Waals surface area contributed by atoms with Crippen molar-refractivity contribution in [2.45, 2.75) is 64.5 Å². The zero-order valence-electron chi connectivity index (χ0n) is 12.5. The summed E-state index contributed by atoms with van der Waals surface area (Å²) in [6.07, 6.45) is 7.47. The van der Waals surface area contributed by atoms with Gasteiger partial charge in [-0.25, -0.2) is 8.78 Å². The average molecular weight is 281 g/mol. The maximum atomic E-state index is 13.8. The van der Waals surface area contributed by atoms with Crippen LogP contribution in [0, 0.1) is 17.6 Å². The first kappa shape index (κ1) is 15.4. The zero-order valence-corrected chi connectivity index (χ0v) is 12.5. The first-order valence-electron chi connectivity index (χ1n) is 7.83. The summed E-state index contributed by atoms with van der Waals surface area (Å²) in [5.74, 6) is -0.805. The van der Waals surface area contributed by atoms with Gasteiger partial charge in [0.25, 0.3) is 0 Å². The molecule has 1 aliphatic rings. The molecular formula is C17H25F2N. The van der Waals surface area contributed by atoms with Gasteiger partial charge in [-0.3, -0.25) is 0 Å². The molecule has 1 aromatic rings. The second-order valence-corrected chi connectivity index (χ2v) is 5.94. The Balaban J connectivity index is 2.04. The van der Waals surface area contributed by atoms with Crippen LogP contribution in [0.5, 0.6) is 0 Å². The van der Waals surface area contributed by atoms with Gasteiger partial charge in [0, 0.05) is 17.6 Å². The topological polar surface area (TPSA) is 12.0 Å². The van der Waals surface area contributed by atoms with E-state index in [2.05, 4.69) is 12.2 Å². The van der Waals surface area contributed by atoms with Gasteiger partial charge in [0.15, 0.2) is 11.6 Å². The minimum Gasteiger partial charge on any atom is -0.307 e. The molecule has 1 saturated carbocycles. The predicted molar refractivity (Wildman–Crippen MR) is 78.6 cm³/mol. The molecule has 112 valence electrons. The molecule has 2 atom stereocenters. The molecule has 0 heterocycles. The van der Waals surface area contributed by atoms with Crippen molar-refractivity contribution in [1.82, 2.24) is 5.32 Å². The molecule has 20 heavy (non-hydrogen) atoms. The maximum Gasteiger partial charge on any atom is 0.163 e. The molecule has 2 rings (SSSR count). The van der Waals surface area contributed by atoms with Crippen molar-refractivity contribution in [1.29, 1.82) is 0 Å². The highest BCUT2D eigenvalue weighted by atomic mass is 19.2. The van der Waals surface area contributed by atoms with E-state index >= 15 is 0 Å². The Kier molecular flexibility index (Phi) is 5.53. The van der Waals surface area contributed by atoms with Crippen LogP contribution in [0.4, 0.5) is 8.78 Å². The Morgan fingerprint density at radius 3 is 2.55 bits per heavy atom. The van der Waals surface area contributed by atoms with Crippen molar-refractivity contribution in [3.8, 4) is 0 Å². The summed E-state index contributed by atoms with van der Waals surface area (Å²) < 4.78 is 27.1. The number of nitrogens with one attached hydrogen (secondary N) is 1. The van der Waals surface area contributed by atoms with E-state index in [1.165, 1.54) is 38.2 Å². The van der Waals surface area contributed by atoms with Crippen molar-refractivity contribution in [2.75, 3.05) is 0 Å². The van der Waals surface area contributed by atoms with Gasteiger partial charge in [0.05, 0.1) is 0 Å². The molecule has 1 aliphatic carbocycles. The lowest BCUT2D eigenvalue weighted by Gasteiger charge is -2.32. The van der Waals surface area contributed by atoms with E-state index in [0.717, 1.165) is 6.42 Å². The van der Waals surface area contributed by atoms with Crippen LogP contribution in [0.25, 0.3) is 0 Å². The largest absolute Gasteiger partial charge is 0.307 e. The van der Waals surface area contributed by atoms with Crippen molar-refractivity contribution < 1.29 is 8.78 Å². The van der Waals surface area contributed by atoms with Crippen molar-refractivity contribution in [3.05, 3.63) is 35.4 Å². The first-order chi connectivity index (χ1) is 9.63. The first-order valence-corrected chi connectivity index (χ1v) is 7.83. The molecule has 0 radical (unpaired) electrons. The third-order valence-corrected chi connectivity index (χ3v) is 4.57. The lowest BCUT2D eigenvalue weighted by molar-refractivity contribution is 0.248. The van der Waals surface area contributed by atoms with Crippen LogP contribution in [0.1, 0.15) is 64.0 Å². The standard InChI is InChI=1S/C17H25F2N/c1-3-16(13-8-5-4-6-9-13)20-12(2)14-10-7-11-15(18)17(14)19/h7,10-13,16,20H,3-6,8-9H2,1-2H3. The summed E-state index contributed by atoms with van der Waals surface area (Å²) in [7, 11) is 0. The van der Waals surface area contributed by atoms with Crippen LogP contribution in [0.2, 0.25) is 0 Å². The summed E-state index contributed by atoms with van der Waals surface area (Å²) in [6.45, 7) is 4.09. The van der Waals surface area contributed by atoms with Crippen LogP contribution >= 0.6 is 0 Å². The van der Waals surface area contributed by atoms with Gasteiger partial charge in [-0.05, 0) is 38.2 Å². The van der Waals surface area contributed by atoms with Crippen LogP contribution in [-0.4, -0.2) is 6.04 Å². The maximum absolute atomic E-state index is 13.8. The molecule has 1 aromatic carbocycles. The molecule has 3 heteroatoms. The minimum absolute atomic E-state index is 0.155. The van der Waals surface area contributed by atoms with Gasteiger partial charge in [-0.2, -0.15) is 0 Å². The molecule has 0 aliphatic heterocycles. The van der Waals surface area contributed by atoms with Gasteiger partial charge >= 0.3 is 0 Å². The van der Waals surface area contributed by atoms with Crippen molar-refractivity contribution in [3.63, 3.8) is 0 Å². The Labute approximate surface area is 120 Å². The number of hydrogen-bond donors (Lipinski definition) is 1. The Hall–Kier alpha value is -0.960. The van der Waals surface area contributed by atoms with Crippen LogP contribution in [-0.2, 0) is 0 Å². The van der Waals surface area contributed by atoms with Crippen LogP contribution in [0.15, 0.2) is 18.2 Å². The van der Waals surface area contributed by atoms with Gasteiger partial charge < -0.3 is 5.32 Å². The Bertz CT molecular complexity index is 427. The highest BCUT2D eigenvalue weighted by Crippen LogP contribution is 2.29. The quantitative estimate of drug-likeness (QED) is 0.803. The number of halogens is 2. The minimum atomic E-state index is -0.762. The SMILES string of the molecule is CCC(NC(C)c1cccc(F)c1F)C1CCCCC1. The molecule has 0 aromatic heterocycles. The Morgan fingerprint density at radius 2 is 1.90 bits per heavy atom. The van der Waals surface area contributed by atoms with Gasteiger partial charge in [0.2, 0.25) is 0 Å². The van der Waals surface area contributed by atoms with Crippen molar-refractivity contribution in [2.24, 2.45) is 5.92 Å². The molecule has 1 N–H and O–H groups in total. The van der Waals surface area contributed by atoms with Gasteiger partial charge in [-0.1, -0.05) is 38.3 Å². The monoisotopic (exact) mass is 281 g/mol. The van der Waals surface area contributed by atoms with E-state index in [-0.39, 0.29) is 6.04 Å². The fraction of sp³-hybridized carbons (Fsp3) is 0.647. The third-order valence-electron chi connectivity index (χ3n) is 4.57. The number of hydrogen-bond acceptors (Lipinski definition) is 1. The molecule has 0 saturated heterocycles. The van der Waals surface area contributed by atoms with E-state index in [4.69, 9.17) is 0 Å². The molecule has 2 unspecified atom stereocenters. The summed E-state index contributed by atoms with van der Waals surface area (Å²) in [5.41, 5.74) is 0.430. The zero-order chi connectivity index (χ0) is 14.5. The predicted octanol–water partition coefficient (Wildman–Crippen LogP) is 4.97.